The predicted molar refractivity (Wildman–Crippen MR) is 202 cm³/mol. The van der Waals surface area contributed by atoms with Gasteiger partial charge in [0, 0.05) is 42.0 Å². The Bertz CT molecular complexity index is 1740. The number of carboxylic acids is 1. The molecule has 4 rings (SSSR count). The minimum Gasteiger partial charge on any atom is -0.507 e. The topological polar surface area (TPSA) is 64.0 Å². The van der Waals surface area contributed by atoms with Gasteiger partial charge in [-0.3, -0.25) is 0 Å². The fourth-order valence-electron chi connectivity index (χ4n) is 5.83. The van der Waals surface area contributed by atoms with Gasteiger partial charge in [-0.15, -0.1) is 0 Å². The molecule has 48 heavy (non-hydrogen) atoms. The summed E-state index contributed by atoms with van der Waals surface area (Å²) in [6.45, 7) is 28.3. The number of carbonyl (C=O) groups is 1. The van der Waals surface area contributed by atoms with E-state index in [1.165, 1.54) is 49.9 Å². The number of benzene rings is 4. The van der Waals surface area contributed by atoms with Crippen LogP contribution in [0.4, 0.5) is 5.69 Å². The van der Waals surface area contributed by atoms with Crippen LogP contribution < -0.4 is 4.90 Å². The predicted octanol–water partition coefficient (Wildman–Crippen LogP) is 10.6. The molecule has 0 spiro atoms. The van der Waals surface area contributed by atoms with Gasteiger partial charge in [-0.2, -0.15) is 0 Å². The van der Waals surface area contributed by atoms with E-state index in [1.54, 1.807) is 24.1 Å². The average Bonchev–Trinajstić information content (AvgIpc) is 2.97. The maximum atomic E-state index is 11.8. The third kappa shape index (κ3) is 9.33. The molecule has 0 aliphatic heterocycles. The summed E-state index contributed by atoms with van der Waals surface area (Å²) >= 11 is 1.74. The van der Waals surface area contributed by atoms with Crippen LogP contribution in [0.25, 0.3) is 0 Å². The van der Waals surface area contributed by atoms with Crippen molar-refractivity contribution >= 4 is 23.6 Å². The summed E-state index contributed by atoms with van der Waals surface area (Å²) in [5.74, 6) is -1.44. The maximum Gasteiger partial charge on any atom is 0.339 e. The second-order valence-electron chi connectivity index (χ2n) is 15.2. The quantitative estimate of drug-likeness (QED) is 0.156. The second kappa shape index (κ2) is 14.6. The summed E-state index contributed by atoms with van der Waals surface area (Å²) in [5.41, 5.74) is 11.0. The molecule has 0 bridgehead atoms. The maximum absolute atomic E-state index is 11.8. The number of aromatic hydroxyl groups is 1. The van der Waals surface area contributed by atoms with Gasteiger partial charge in [0.05, 0.1) is 0 Å². The zero-order chi connectivity index (χ0) is 35.6. The standard InChI is InChI=1S/C42H52N2O3S/c1-27-12-14-32(15-13-27)25-43(48-39-29(3)18-28(2)19-30(39)4)24-31(5)44(36-16-17-37(40(46)47)38(45)23-36)26-33-20-34(41(6,7)8)22-35(21-33)42(9,10)11/h12-23,45H,5,24-26H2,1-4,6-11H3,(H,46,47). The third-order valence-electron chi connectivity index (χ3n) is 8.63. The van der Waals surface area contributed by atoms with Crippen molar-refractivity contribution in [2.45, 2.75) is 98.1 Å². The molecule has 0 saturated heterocycles. The van der Waals surface area contributed by atoms with Crippen LogP contribution in [0.1, 0.15) is 96.4 Å². The van der Waals surface area contributed by atoms with Crippen LogP contribution >= 0.6 is 11.9 Å². The van der Waals surface area contributed by atoms with Crippen LogP contribution in [0.3, 0.4) is 0 Å². The van der Waals surface area contributed by atoms with Crippen molar-refractivity contribution < 1.29 is 15.0 Å². The molecule has 0 aromatic heterocycles. The Hall–Kier alpha value is -4.00. The highest BCUT2D eigenvalue weighted by molar-refractivity contribution is 7.97. The number of phenols is 1. The van der Waals surface area contributed by atoms with E-state index < -0.39 is 5.97 Å². The van der Waals surface area contributed by atoms with Crippen molar-refractivity contribution in [3.05, 3.63) is 135 Å². The first-order valence-corrected chi connectivity index (χ1v) is 17.3. The van der Waals surface area contributed by atoms with Crippen molar-refractivity contribution in [3.63, 3.8) is 0 Å². The van der Waals surface area contributed by atoms with E-state index in [1.807, 2.05) is 0 Å². The first-order valence-electron chi connectivity index (χ1n) is 16.5. The van der Waals surface area contributed by atoms with Gasteiger partial charge in [-0.05, 0) is 96.0 Å². The lowest BCUT2D eigenvalue weighted by Crippen LogP contribution is -2.30. The Kier molecular flexibility index (Phi) is 11.2. The lowest BCUT2D eigenvalue weighted by molar-refractivity contribution is 0.0693. The number of carboxylic acid groups (broad SMARTS) is 1. The van der Waals surface area contributed by atoms with Gasteiger partial charge in [0.15, 0.2) is 0 Å². The Balaban J connectivity index is 1.79. The van der Waals surface area contributed by atoms with Crippen LogP contribution in [0, 0.1) is 27.7 Å². The SMILES string of the molecule is C=C(CN(Cc1ccc(C)cc1)Sc1c(C)cc(C)cc1C)N(Cc1cc(C(C)(C)C)cc(C(C)(C)C)c1)c1ccc(C(=O)O)c(O)c1. The molecule has 0 atom stereocenters. The van der Waals surface area contributed by atoms with Crippen LogP contribution in [0.2, 0.25) is 0 Å². The molecule has 6 heteroatoms. The summed E-state index contributed by atoms with van der Waals surface area (Å²) in [6.07, 6.45) is 0. The van der Waals surface area contributed by atoms with E-state index in [2.05, 4.69) is 140 Å². The summed E-state index contributed by atoms with van der Waals surface area (Å²) in [6, 6.07) is 24.7. The average molecular weight is 665 g/mol. The highest BCUT2D eigenvalue weighted by Crippen LogP contribution is 2.36. The van der Waals surface area contributed by atoms with Crippen LogP contribution in [0.5, 0.6) is 5.75 Å². The molecule has 0 radical (unpaired) electrons. The number of hydrogen-bond acceptors (Lipinski definition) is 5. The molecule has 0 fully saturated rings. The summed E-state index contributed by atoms with van der Waals surface area (Å²) in [5, 5.41) is 20.4. The number of anilines is 1. The Morgan fingerprint density at radius 2 is 1.29 bits per heavy atom. The third-order valence-corrected chi connectivity index (χ3v) is 9.98. The van der Waals surface area contributed by atoms with Gasteiger partial charge in [0.25, 0.3) is 0 Å². The minimum absolute atomic E-state index is 0.0511. The van der Waals surface area contributed by atoms with E-state index in [4.69, 9.17) is 0 Å². The number of hydrogen-bond donors (Lipinski definition) is 2. The van der Waals surface area contributed by atoms with E-state index in [9.17, 15) is 15.0 Å². The van der Waals surface area contributed by atoms with Crippen molar-refractivity contribution in [2.24, 2.45) is 0 Å². The molecule has 0 amide bonds. The first kappa shape index (κ1) is 36.8. The molecule has 254 valence electrons. The fourth-order valence-corrected chi connectivity index (χ4v) is 6.92. The largest absolute Gasteiger partial charge is 0.507 e. The Morgan fingerprint density at radius 1 is 0.729 bits per heavy atom. The normalized spacial score (nSPS) is 12.0. The van der Waals surface area contributed by atoms with Crippen LogP contribution in [0.15, 0.2) is 90.0 Å². The Labute approximate surface area is 292 Å². The van der Waals surface area contributed by atoms with E-state index in [0.29, 0.717) is 25.3 Å². The lowest BCUT2D eigenvalue weighted by Gasteiger charge is -2.33. The van der Waals surface area contributed by atoms with Crippen molar-refractivity contribution in [1.29, 1.82) is 0 Å². The molecular formula is C42H52N2O3S. The van der Waals surface area contributed by atoms with E-state index in [-0.39, 0.29) is 22.1 Å². The molecule has 4 aromatic rings. The Morgan fingerprint density at radius 3 is 1.79 bits per heavy atom. The summed E-state index contributed by atoms with van der Waals surface area (Å²) in [4.78, 5) is 15.1. The van der Waals surface area contributed by atoms with Gasteiger partial charge in [-0.1, -0.05) is 114 Å². The van der Waals surface area contributed by atoms with Gasteiger partial charge in [0.1, 0.15) is 11.3 Å². The van der Waals surface area contributed by atoms with Crippen LogP contribution in [-0.2, 0) is 23.9 Å². The van der Waals surface area contributed by atoms with Crippen molar-refractivity contribution in [2.75, 3.05) is 11.4 Å². The van der Waals surface area contributed by atoms with Gasteiger partial charge < -0.3 is 15.1 Å². The summed E-state index contributed by atoms with van der Waals surface area (Å²) < 4.78 is 2.34. The minimum atomic E-state index is -1.17. The fraction of sp³-hybridized carbons (Fsp3) is 0.357. The van der Waals surface area contributed by atoms with Crippen molar-refractivity contribution in [3.8, 4) is 5.75 Å². The van der Waals surface area contributed by atoms with E-state index >= 15 is 0 Å². The monoisotopic (exact) mass is 664 g/mol. The molecule has 0 aliphatic carbocycles. The smallest absolute Gasteiger partial charge is 0.339 e. The number of rotatable bonds is 11. The van der Waals surface area contributed by atoms with Gasteiger partial charge >= 0.3 is 5.97 Å². The van der Waals surface area contributed by atoms with Crippen LogP contribution in [-0.4, -0.2) is 27.0 Å². The molecule has 0 unspecified atom stereocenters. The second-order valence-corrected chi connectivity index (χ2v) is 16.3. The number of nitrogens with zero attached hydrogens (tertiary/aromatic N) is 2. The first-order chi connectivity index (χ1) is 22.3. The highest BCUT2D eigenvalue weighted by Gasteiger charge is 2.24. The zero-order valence-corrected chi connectivity index (χ0v) is 31.2. The highest BCUT2D eigenvalue weighted by atomic mass is 32.2. The molecule has 0 heterocycles. The zero-order valence-electron chi connectivity index (χ0n) is 30.4. The molecule has 0 saturated carbocycles. The molecular weight excluding hydrogens is 613 g/mol. The van der Waals surface area contributed by atoms with Gasteiger partial charge in [0.2, 0.25) is 0 Å². The molecule has 4 aromatic carbocycles. The number of aryl methyl sites for hydroxylation is 4. The van der Waals surface area contributed by atoms with E-state index in [0.717, 1.165) is 11.3 Å². The number of aromatic carboxylic acids is 1. The van der Waals surface area contributed by atoms with Gasteiger partial charge in [-0.25, -0.2) is 9.10 Å². The molecule has 5 nitrogen and oxygen atoms in total. The molecule has 2 N–H and O–H groups in total. The summed E-state index contributed by atoms with van der Waals surface area (Å²) in [7, 11) is 0. The lowest BCUT2D eigenvalue weighted by atomic mass is 9.79. The van der Waals surface area contributed by atoms with Crippen molar-refractivity contribution in [1.82, 2.24) is 4.31 Å². The molecule has 0 aliphatic rings.